The zero-order valence-electron chi connectivity index (χ0n) is 19.1. The molecule has 0 amide bonds. The summed E-state index contributed by atoms with van der Waals surface area (Å²) in [6.45, 7) is 5.78. The molecule has 2 heterocycles. The Balaban J connectivity index is 1.37. The SMILES string of the molecule is Cc1cc(C)c(OCC(=O)Oc2ccccc2-c2nc3scc(-c4ccccc4)n3n2)c(C)c1. The maximum Gasteiger partial charge on any atom is 0.349 e. The maximum atomic E-state index is 12.6. The minimum atomic E-state index is -0.488. The van der Waals surface area contributed by atoms with Crippen molar-refractivity contribution in [1.82, 2.24) is 14.6 Å². The highest BCUT2D eigenvalue weighted by atomic mass is 32.1. The van der Waals surface area contributed by atoms with Crippen molar-refractivity contribution in [1.29, 1.82) is 0 Å². The van der Waals surface area contributed by atoms with E-state index in [0.29, 0.717) is 22.9 Å². The molecule has 7 heteroatoms. The molecule has 5 rings (SSSR count). The van der Waals surface area contributed by atoms with Crippen LogP contribution in [-0.4, -0.2) is 27.2 Å². The fourth-order valence-corrected chi connectivity index (χ4v) is 4.85. The summed E-state index contributed by atoms with van der Waals surface area (Å²) in [5.41, 5.74) is 5.80. The molecule has 0 atom stereocenters. The number of fused-ring (bicyclic) bond motifs is 1. The smallest absolute Gasteiger partial charge is 0.349 e. The van der Waals surface area contributed by atoms with Gasteiger partial charge in [-0.05, 0) is 44.0 Å². The molecule has 0 spiro atoms. The zero-order chi connectivity index (χ0) is 23.7. The molecule has 34 heavy (non-hydrogen) atoms. The summed E-state index contributed by atoms with van der Waals surface area (Å²) in [5, 5.41) is 6.74. The third-order valence-electron chi connectivity index (χ3n) is 5.44. The van der Waals surface area contributed by atoms with E-state index in [1.165, 1.54) is 11.3 Å². The molecule has 0 fully saturated rings. The Morgan fingerprint density at radius 1 is 0.971 bits per heavy atom. The molecule has 0 aliphatic rings. The summed E-state index contributed by atoms with van der Waals surface area (Å²) in [7, 11) is 0. The maximum absolute atomic E-state index is 12.6. The van der Waals surface area contributed by atoms with Crippen LogP contribution in [0.3, 0.4) is 0 Å². The van der Waals surface area contributed by atoms with Crippen LogP contribution in [0.15, 0.2) is 72.1 Å². The van der Waals surface area contributed by atoms with Gasteiger partial charge in [-0.15, -0.1) is 16.4 Å². The lowest BCUT2D eigenvalue weighted by molar-refractivity contribution is -0.136. The van der Waals surface area contributed by atoms with Gasteiger partial charge >= 0.3 is 5.97 Å². The predicted octanol–water partition coefficient (Wildman–Crippen LogP) is 6.03. The minimum absolute atomic E-state index is 0.192. The summed E-state index contributed by atoms with van der Waals surface area (Å²) in [6.07, 6.45) is 0. The van der Waals surface area contributed by atoms with Crippen LogP contribution in [0.5, 0.6) is 11.5 Å². The van der Waals surface area contributed by atoms with Crippen LogP contribution in [0, 0.1) is 20.8 Å². The number of carbonyl (C=O) groups is 1. The van der Waals surface area contributed by atoms with Gasteiger partial charge in [-0.1, -0.05) is 60.2 Å². The van der Waals surface area contributed by atoms with E-state index >= 15 is 0 Å². The number of thiazole rings is 1. The molecular weight excluding hydrogens is 446 g/mol. The van der Waals surface area contributed by atoms with Gasteiger partial charge in [0.1, 0.15) is 11.5 Å². The van der Waals surface area contributed by atoms with E-state index in [1.807, 2.05) is 91.3 Å². The molecule has 0 aliphatic carbocycles. The van der Waals surface area contributed by atoms with Gasteiger partial charge in [0.05, 0.1) is 11.3 Å². The Morgan fingerprint density at radius 2 is 1.68 bits per heavy atom. The minimum Gasteiger partial charge on any atom is -0.481 e. The molecule has 6 nitrogen and oxygen atoms in total. The fourth-order valence-electron chi connectivity index (χ4n) is 4.02. The van der Waals surface area contributed by atoms with Crippen molar-refractivity contribution in [3.63, 3.8) is 0 Å². The van der Waals surface area contributed by atoms with Crippen LogP contribution >= 0.6 is 11.3 Å². The molecule has 0 unspecified atom stereocenters. The summed E-state index contributed by atoms with van der Waals surface area (Å²) in [5.74, 6) is 1.12. The van der Waals surface area contributed by atoms with E-state index in [0.717, 1.165) is 32.9 Å². The molecule has 0 radical (unpaired) electrons. The Morgan fingerprint density at radius 3 is 2.44 bits per heavy atom. The third-order valence-corrected chi connectivity index (χ3v) is 6.26. The molecule has 0 saturated heterocycles. The Labute approximate surface area is 201 Å². The lowest BCUT2D eigenvalue weighted by Crippen LogP contribution is -2.18. The van der Waals surface area contributed by atoms with Gasteiger partial charge in [0.2, 0.25) is 4.96 Å². The highest BCUT2D eigenvalue weighted by Crippen LogP contribution is 2.31. The molecule has 0 N–H and O–H groups in total. The zero-order valence-corrected chi connectivity index (χ0v) is 19.9. The van der Waals surface area contributed by atoms with Crippen LogP contribution in [0.2, 0.25) is 0 Å². The van der Waals surface area contributed by atoms with E-state index in [2.05, 4.69) is 4.98 Å². The molecule has 0 saturated carbocycles. The van der Waals surface area contributed by atoms with E-state index < -0.39 is 5.97 Å². The largest absolute Gasteiger partial charge is 0.481 e. The van der Waals surface area contributed by atoms with Crippen molar-refractivity contribution in [3.05, 3.63) is 88.8 Å². The summed E-state index contributed by atoms with van der Waals surface area (Å²) in [6, 6.07) is 21.4. The number of hydrogen-bond donors (Lipinski definition) is 0. The second kappa shape index (κ2) is 9.11. The number of rotatable bonds is 6. The third kappa shape index (κ3) is 4.30. The Bertz CT molecular complexity index is 1460. The Hall–Kier alpha value is -3.97. The average molecular weight is 470 g/mol. The van der Waals surface area contributed by atoms with E-state index in [-0.39, 0.29) is 6.61 Å². The van der Waals surface area contributed by atoms with Gasteiger partial charge in [-0.25, -0.2) is 9.31 Å². The van der Waals surface area contributed by atoms with Crippen molar-refractivity contribution in [3.8, 4) is 34.1 Å². The number of hydrogen-bond acceptors (Lipinski definition) is 6. The van der Waals surface area contributed by atoms with Gasteiger partial charge in [-0.3, -0.25) is 0 Å². The van der Waals surface area contributed by atoms with Crippen molar-refractivity contribution in [2.75, 3.05) is 6.61 Å². The van der Waals surface area contributed by atoms with Gasteiger partial charge < -0.3 is 9.47 Å². The molecule has 5 aromatic rings. The second-order valence-corrected chi connectivity index (χ2v) is 8.94. The molecular formula is C27H23N3O3S. The van der Waals surface area contributed by atoms with Gasteiger partial charge in [0, 0.05) is 10.9 Å². The number of aromatic nitrogens is 3. The predicted molar refractivity (Wildman–Crippen MR) is 134 cm³/mol. The first-order chi connectivity index (χ1) is 16.5. The first kappa shape index (κ1) is 21.9. The van der Waals surface area contributed by atoms with Gasteiger partial charge in [-0.2, -0.15) is 4.98 Å². The van der Waals surface area contributed by atoms with Crippen molar-refractivity contribution >= 4 is 22.3 Å². The first-order valence-corrected chi connectivity index (χ1v) is 11.8. The number of ether oxygens (including phenoxy) is 2. The van der Waals surface area contributed by atoms with Crippen molar-refractivity contribution in [2.24, 2.45) is 0 Å². The van der Waals surface area contributed by atoms with Crippen molar-refractivity contribution < 1.29 is 14.3 Å². The standard InChI is InChI=1S/C27H23N3O3S/c1-17-13-18(2)25(19(3)14-17)32-15-24(31)33-23-12-8-7-11-21(23)26-28-27-30(29-26)22(16-34-27)20-9-5-4-6-10-20/h4-14,16H,15H2,1-3H3. The number of nitrogens with zero attached hydrogens (tertiary/aromatic N) is 3. The van der Waals surface area contributed by atoms with Crippen LogP contribution in [0.25, 0.3) is 27.6 Å². The lowest BCUT2D eigenvalue weighted by atomic mass is 10.1. The number of carbonyl (C=O) groups excluding carboxylic acids is 1. The van der Waals surface area contributed by atoms with Gasteiger partial charge in [0.15, 0.2) is 12.4 Å². The van der Waals surface area contributed by atoms with Crippen LogP contribution < -0.4 is 9.47 Å². The van der Waals surface area contributed by atoms with E-state index in [4.69, 9.17) is 14.6 Å². The van der Waals surface area contributed by atoms with E-state index in [1.54, 1.807) is 6.07 Å². The number of esters is 1. The molecule has 0 aliphatic heterocycles. The second-order valence-electron chi connectivity index (χ2n) is 8.10. The molecule has 0 bridgehead atoms. The number of aryl methyl sites for hydroxylation is 3. The molecule has 170 valence electrons. The van der Waals surface area contributed by atoms with Gasteiger partial charge in [0.25, 0.3) is 0 Å². The highest BCUT2D eigenvalue weighted by molar-refractivity contribution is 7.15. The van der Waals surface area contributed by atoms with E-state index in [9.17, 15) is 4.79 Å². The summed E-state index contributed by atoms with van der Waals surface area (Å²) >= 11 is 1.51. The van der Waals surface area contributed by atoms with Crippen LogP contribution in [0.4, 0.5) is 0 Å². The average Bonchev–Trinajstić information content (AvgIpc) is 3.40. The Kier molecular flexibility index (Phi) is 5.86. The molecule has 3 aromatic carbocycles. The van der Waals surface area contributed by atoms with Crippen molar-refractivity contribution in [2.45, 2.75) is 20.8 Å². The monoisotopic (exact) mass is 469 g/mol. The first-order valence-electron chi connectivity index (χ1n) is 10.9. The lowest BCUT2D eigenvalue weighted by Gasteiger charge is -2.13. The van der Waals surface area contributed by atoms with Crippen LogP contribution in [0.1, 0.15) is 16.7 Å². The molecule has 2 aromatic heterocycles. The fraction of sp³-hybridized carbons (Fsp3) is 0.148. The number of benzene rings is 3. The quantitative estimate of drug-likeness (QED) is 0.224. The highest BCUT2D eigenvalue weighted by Gasteiger charge is 2.18. The normalized spacial score (nSPS) is 11.0. The summed E-state index contributed by atoms with van der Waals surface area (Å²) < 4.78 is 13.3. The van der Waals surface area contributed by atoms with Crippen LogP contribution in [-0.2, 0) is 4.79 Å². The summed E-state index contributed by atoms with van der Waals surface area (Å²) in [4.78, 5) is 18.1. The number of para-hydroxylation sites is 1. The topological polar surface area (TPSA) is 65.7 Å².